The molecule has 42 heavy (non-hydrogen) atoms. The van der Waals surface area contributed by atoms with E-state index < -0.39 is 0 Å². The van der Waals surface area contributed by atoms with Gasteiger partial charge in [0.05, 0.1) is 5.69 Å². The summed E-state index contributed by atoms with van der Waals surface area (Å²) in [4.78, 5) is 39.6. The maximum absolute atomic E-state index is 13.5. The number of urea groups is 1. The first kappa shape index (κ1) is 27.5. The predicted octanol–water partition coefficient (Wildman–Crippen LogP) is 5.01. The maximum Gasteiger partial charge on any atom is 0.329 e. The van der Waals surface area contributed by atoms with Gasteiger partial charge in [0, 0.05) is 80.8 Å². The zero-order valence-electron chi connectivity index (χ0n) is 24.7. The molecule has 0 atom stereocenters. The SMILES string of the molecule is Cc1ccc(N2CCN(c3cccc(-c4cn(C)c(=O)c(Nc5ccc(N6CCN(C)CC6)cc5)n4)c3C)C2=O)cc1. The summed E-state index contributed by atoms with van der Waals surface area (Å²) in [5.74, 6) is 0.259. The Labute approximate surface area is 246 Å². The fourth-order valence-electron chi connectivity index (χ4n) is 5.69. The third-order valence-electron chi connectivity index (χ3n) is 8.30. The van der Waals surface area contributed by atoms with E-state index in [1.807, 2.05) is 78.2 Å². The lowest BCUT2D eigenvalue weighted by molar-refractivity contribution is 0.256. The van der Waals surface area contributed by atoms with Gasteiger partial charge in [-0.25, -0.2) is 9.78 Å². The Morgan fingerprint density at radius 3 is 2.12 bits per heavy atom. The van der Waals surface area contributed by atoms with Crippen LogP contribution in [0, 0.1) is 13.8 Å². The first-order chi connectivity index (χ1) is 20.3. The van der Waals surface area contributed by atoms with Crippen LogP contribution in [0.3, 0.4) is 0 Å². The number of benzene rings is 3. The van der Waals surface area contributed by atoms with E-state index >= 15 is 0 Å². The van der Waals surface area contributed by atoms with Crippen LogP contribution in [0.4, 0.5) is 33.4 Å². The lowest BCUT2D eigenvalue weighted by atomic mass is 10.0. The fourth-order valence-corrected chi connectivity index (χ4v) is 5.69. The van der Waals surface area contributed by atoms with Crippen LogP contribution >= 0.6 is 0 Å². The smallest absolute Gasteiger partial charge is 0.329 e. The summed E-state index contributed by atoms with van der Waals surface area (Å²) < 4.78 is 1.55. The zero-order chi connectivity index (χ0) is 29.4. The summed E-state index contributed by atoms with van der Waals surface area (Å²) in [6.07, 6.45) is 1.75. The lowest BCUT2D eigenvalue weighted by Crippen LogP contribution is -2.44. The minimum atomic E-state index is -0.209. The van der Waals surface area contributed by atoms with Gasteiger partial charge in [-0.1, -0.05) is 29.8 Å². The molecule has 0 saturated carbocycles. The van der Waals surface area contributed by atoms with Crippen molar-refractivity contribution in [2.45, 2.75) is 13.8 Å². The van der Waals surface area contributed by atoms with Crippen LogP contribution < -0.4 is 25.6 Å². The number of nitrogens with zero attached hydrogens (tertiary/aromatic N) is 6. The number of piperazine rings is 1. The molecule has 2 fully saturated rings. The second-order valence-electron chi connectivity index (χ2n) is 11.2. The first-order valence-corrected chi connectivity index (χ1v) is 14.4. The molecule has 216 valence electrons. The van der Waals surface area contributed by atoms with E-state index in [0.29, 0.717) is 18.8 Å². The van der Waals surface area contributed by atoms with Gasteiger partial charge in [0.25, 0.3) is 5.56 Å². The van der Waals surface area contributed by atoms with E-state index in [1.165, 1.54) is 5.69 Å². The highest BCUT2D eigenvalue weighted by molar-refractivity contribution is 6.07. The number of aryl methyl sites for hydroxylation is 2. The van der Waals surface area contributed by atoms with Gasteiger partial charge in [-0.05, 0) is 68.9 Å². The monoisotopic (exact) mass is 563 g/mol. The minimum absolute atomic E-state index is 0.0464. The Hall–Kier alpha value is -4.63. The Morgan fingerprint density at radius 1 is 0.738 bits per heavy atom. The molecule has 6 rings (SSSR count). The van der Waals surface area contributed by atoms with Crippen molar-refractivity contribution in [3.8, 4) is 11.3 Å². The van der Waals surface area contributed by atoms with Crippen LogP contribution in [0.15, 0.2) is 77.7 Å². The highest BCUT2D eigenvalue weighted by Crippen LogP contribution is 2.33. The van der Waals surface area contributed by atoms with E-state index in [0.717, 1.165) is 59.9 Å². The van der Waals surface area contributed by atoms with Crippen molar-refractivity contribution >= 4 is 34.6 Å². The van der Waals surface area contributed by atoms with Gasteiger partial charge in [0.15, 0.2) is 5.82 Å². The van der Waals surface area contributed by atoms with Gasteiger partial charge >= 0.3 is 6.03 Å². The molecule has 0 aliphatic carbocycles. The summed E-state index contributed by atoms with van der Waals surface area (Å²) in [7, 11) is 3.88. The summed E-state index contributed by atoms with van der Waals surface area (Å²) in [6, 6.07) is 22.0. The fraction of sp³-hybridized carbons (Fsp3) is 0.303. The van der Waals surface area contributed by atoms with Crippen LogP contribution in [-0.4, -0.2) is 66.8 Å². The molecule has 2 amide bonds. The minimum Gasteiger partial charge on any atom is -0.369 e. The number of anilines is 5. The van der Waals surface area contributed by atoms with Gasteiger partial charge in [-0.2, -0.15) is 0 Å². The standard InChI is InChI=1S/C33H37N7O2/c1-23-8-12-27(13-9-23)39-20-21-40(33(39)42)30-7-5-6-28(24(30)2)29-22-37(4)32(41)31(35-29)34-25-10-14-26(15-11-25)38-18-16-36(3)17-19-38/h5-15,22H,16-21H2,1-4H3,(H,34,35). The van der Waals surface area contributed by atoms with Gasteiger partial charge in [0.2, 0.25) is 0 Å². The molecule has 9 heteroatoms. The average molecular weight is 564 g/mol. The molecule has 2 aliphatic heterocycles. The number of nitrogens with one attached hydrogen (secondary N) is 1. The number of likely N-dealkylation sites (N-methyl/N-ethyl adjacent to an activating group) is 1. The Morgan fingerprint density at radius 2 is 1.40 bits per heavy atom. The van der Waals surface area contributed by atoms with Crippen molar-refractivity contribution in [1.29, 1.82) is 0 Å². The molecule has 0 bridgehead atoms. The molecular weight excluding hydrogens is 526 g/mol. The number of amides is 2. The molecule has 1 aromatic heterocycles. The first-order valence-electron chi connectivity index (χ1n) is 14.4. The molecule has 3 aromatic carbocycles. The number of hydrogen-bond donors (Lipinski definition) is 1. The summed E-state index contributed by atoms with van der Waals surface area (Å²) in [6.45, 7) is 9.34. The van der Waals surface area contributed by atoms with Crippen molar-refractivity contribution in [1.82, 2.24) is 14.5 Å². The molecule has 1 N–H and O–H groups in total. The van der Waals surface area contributed by atoms with Gasteiger partial charge in [0.1, 0.15) is 0 Å². The molecule has 0 spiro atoms. The second kappa shape index (κ2) is 11.3. The highest BCUT2D eigenvalue weighted by Gasteiger charge is 2.32. The molecule has 0 unspecified atom stereocenters. The number of rotatable bonds is 6. The second-order valence-corrected chi connectivity index (χ2v) is 11.2. The molecular formula is C33H37N7O2. The number of hydrogen-bond acceptors (Lipinski definition) is 6. The quantitative estimate of drug-likeness (QED) is 0.356. The Kier molecular flexibility index (Phi) is 7.43. The van der Waals surface area contributed by atoms with Crippen molar-refractivity contribution in [3.05, 3.63) is 94.4 Å². The topological polar surface area (TPSA) is 77.0 Å². The number of aromatic nitrogens is 2. The van der Waals surface area contributed by atoms with E-state index in [4.69, 9.17) is 4.98 Å². The average Bonchev–Trinajstić information content (AvgIpc) is 3.37. The zero-order valence-corrected chi connectivity index (χ0v) is 24.7. The summed E-state index contributed by atoms with van der Waals surface area (Å²) in [5.41, 5.74) is 7.14. The van der Waals surface area contributed by atoms with Crippen molar-refractivity contribution in [3.63, 3.8) is 0 Å². The van der Waals surface area contributed by atoms with E-state index in [9.17, 15) is 9.59 Å². The van der Waals surface area contributed by atoms with Crippen molar-refractivity contribution in [2.24, 2.45) is 7.05 Å². The summed E-state index contributed by atoms with van der Waals surface area (Å²) >= 11 is 0. The molecule has 2 aliphatic rings. The number of carbonyl (C=O) groups excluding carboxylic acids is 1. The van der Waals surface area contributed by atoms with E-state index in [2.05, 4.69) is 34.3 Å². The molecule has 0 radical (unpaired) electrons. The third kappa shape index (κ3) is 5.35. The van der Waals surface area contributed by atoms with Gasteiger partial charge in [-0.3, -0.25) is 14.6 Å². The predicted molar refractivity (Wildman–Crippen MR) is 170 cm³/mol. The Bertz CT molecular complexity index is 1660. The summed E-state index contributed by atoms with van der Waals surface area (Å²) in [5, 5.41) is 3.24. The molecule has 2 saturated heterocycles. The normalized spacial score (nSPS) is 15.9. The van der Waals surface area contributed by atoms with Crippen LogP contribution in [0.5, 0.6) is 0 Å². The van der Waals surface area contributed by atoms with E-state index in [1.54, 1.807) is 17.8 Å². The van der Waals surface area contributed by atoms with Gasteiger partial charge in [-0.15, -0.1) is 0 Å². The van der Waals surface area contributed by atoms with Crippen molar-refractivity contribution < 1.29 is 4.79 Å². The Balaban J connectivity index is 1.25. The van der Waals surface area contributed by atoms with Crippen molar-refractivity contribution in [2.75, 3.05) is 66.3 Å². The highest BCUT2D eigenvalue weighted by atomic mass is 16.2. The number of carbonyl (C=O) groups is 1. The third-order valence-corrected chi connectivity index (χ3v) is 8.30. The van der Waals surface area contributed by atoms with E-state index in [-0.39, 0.29) is 17.4 Å². The van der Waals surface area contributed by atoms with Crippen LogP contribution in [0.2, 0.25) is 0 Å². The van der Waals surface area contributed by atoms with Crippen LogP contribution in [-0.2, 0) is 7.05 Å². The largest absolute Gasteiger partial charge is 0.369 e. The molecule has 3 heterocycles. The van der Waals surface area contributed by atoms with Crippen LogP contribution in [0.1, 0.15) is 11.1 Å². The molecule has 9 nitrogen and oxygen atoms in total. The van der Waals surface area contributed by atoms with Crippen LogP contribution in [0.25, 0.3) is 11.3 Å². The molecule has 4 aromatic rings. The van der Waals surface area contributed by atoms with Gasteiger partial charge < -0.3 is 19.7 Å². The maximum atomic E-state index is 13.5. The lowest BCUT2D eigenvalue weighted by Gasteiger charge is -2.34.